The first kappa shape index (κ1) is 16.7. The van der Waals surface area contributed by atoms with Crippen molar-refractivity contribution < 1.29 is 14.0 Å². The average molecular weight is 347 g/mol. The van der Waals surface area contributed by atoms with E-state index >= 15 is 0 Å². The Kier molecular flexibility index (Phi) is 4.99. The molecular weight excluding hydrogens is 326 g/mol. The predicted octanol–water partition coefficient (Wildman–Crippen LogP) is 2.73. The molecule has 0 unspecified atom stereocenters. The molecular formula is C17H21N3O3S. The minimum Gasteiger partial charge on any atom is -0.462 e. The van der Waals surface area contributed by atoms with E-state index in [0.717, 1.165) is 0 Å². The van der Waals surface area contributed by atoms with E-state index in [1.54, 1.807) is 22.6 Å². The summed E-state index contributed by atoms with van der Waals surface area (Å²) in [4.78, 5) is 32.6. The van der Waals surface area contributed by atoms with Crippen molar-refractivity contribution in [2.75, 3.05) is 26.2 Å². The maximum absolute atomic E-state index is 12.6. The van der Waals surface area contributed by atoms with Crippen LogP contribution in [0.4, 0.5) is 0 Å². The number of hydrogen-bond acceptors (Lipinski definition) is 5. The van der Waals surface area contributed by atoms with Gasteiger partial charge in [0, 0.05) is 38.0 Å². The van der Waals surface area contributed by atoms with Gasteiger partial charge in [-0.1, -0.05) is 13.8 Å². The summed E-state index contributed by atoms with van der Waals surface area (Å²) in [6.07, 6.45) is 2.15. The molecule has 0 spiro atoms. The zero-order valence-corrected chi connectivity index (χ0v) is 14.7. The third-order valence-electron chi connectivity index (χ3n) is 3.96. The number of aromatic nitrogens is 1. The first-order chi connectivity index (χ1) is 11.5. The van der Waals surface area contributed by atoms with Crippen LogP contribution in [0.15, 0.2) is 28.2 Å². The summed E-state index contributed by atoms with van der Waals surface area (Å²) >= 11 is 1.39. The lowest BCUT2D eigenvalue weighted by atomic mass is 10.1. The van der Waals surface area contributed by atoms with Gasteiger partial charge >= 0.3 is 0 Å². The molecule has 0 aliphatic carbocycles. The maximum atomic E-state index is 12.6. The van der Waals surface area contributed by atoms with Gasteiger partial charge in [-0.25, -0.2) is 4.98 Å². The van der Waals surface area contributed by atoms with Gasteiger partial charge in [-0.2, -0.15) is 0 Å². The van der Waals surface area contributed by atoms with Gasteiger partial charge in [0.2, 0.25) is 5.91 Å². The SMILES string of the molecule is CC(C)CC(=O)N1CCN(C(=O)c2csc(-c3ccco3)n2)CC1. The fraction of sp³-hybridized carbons (Fsp3) is 0.471. The topological polar surface area (TPSA) is 66.7 Å². The Hall–Kier alpha value is -2.15. The van der Waals surface area contributed by atoms with E-state index in [4.69, 9.17) is 4.42 Å². The summed E-state index contributed by atoms with van der Waals surface area (Å²) in [6, 6.07) is 3.62. The van der Waals surface area contributed by atoms with Crippen molar-refractivity contribution >= 4 is 23.2 Å². The molecule has 1 saturated heterocycles. The van der Waals surface area contributed by atoms with Crippen molar-refractivity contribution in [2.45, 2.75) is 20.3 Å². The molecule has 128 valence electrons. The molecule has 1 fully saturated rings. The summed E-state index contributed by atoms with van der Waals surface area (Å²) < 4.78 is 5.31. The van der Waals surface area contributed by atoms with Crippen molar-refractivity contribution in [1.29, 1.82) is 0 Å². The van der Waals surface area contributed by atoms with Crippen LogP contribution in [0, 0.1) is 5.92 Å². The zero-order valence-electron chi connectivity index (χ0n) is 13.9. The number of piperazine rings is 1. The third-order valence-corrected chi connectivity index (χ3v) is 4.81. The number of nitrogens with zero attached hydrogens (tertiary/aromatic N) is 3. The Morgan fingerprint density at radius 1 is 1.25 bits per heavy atom. The Morgan fingerprint density at radius 3 is 2.58 bits per heavy atom. The van der Waals surface area contributed by atoms with Crippen molar-refractivity contribution in [2.24, 2.45) is 5.92 Å². The quantitative estimate of drug-likeness (QED) is 0.853. The molecule has 2 amide bonds. The third kappa shape index (κ3) is 3.67. The molecule has 3 rings (SSSR count). The highest BCUT2D eigenvalue weighted by Crippen LogP contribution is 2.24. The van der Waals surface area contributed by atoms with Crippen LogP contribution in [0.5, 0.6) is 0 Å². The molecule has 6 nitrogen and oxygen atoms in total. The highest BCUT2D eigenvalue weighted by molar-refractivity contribution is 7.13. The molecule has 1 aliphatic rings. The lowest BCUT2D eigenvalue weighted by Gasteiger charge is -2.34. The highest BCUT2D eigenvalue weighted by Gasteiger charge is 2.26. The molecule has 2 aromatic rings. The zero-order chi connectivity index (χ0) is 17.1. The number of furan rings is 1. The Labute approximate surface area is 145 Å². The number of rotatable bonds is 4. The molecule has 0 bridgehead atoms. The van der Waals surface area contributed by atoms with Gasteiger partial charge in [0.25, 0.3) is 5.91 Å². The van der Waals surface area contributed by atoms with E-state index in [0.29, 0.717) is 55.0 Å². The Balaban J connectivity index is 1.58. The standard InChI is InChI=1S/C17H21N3O3S/c1-12(2)10-15(21)19-5-7-20(8-6-19)17(22)13-11-24-16(18-13)14-4-3-9-23-14/h3-4,9,11-12H,5-8,10H2,1-2H3. The van der Waals surface area contributed by atoms with Crippen LogP contribution in [0.2, 0.25) is 0 Å². The molecule has 0 radical (unpaired) electrons. The van der Waals surface area contributed by atoms with Gasteiger partial charge in [-0.3, -0.25) is 9.59 Å². The molecule has 0 atom stereocenters. The fourth-order valence-electron chi connectivity index (χ4n) is 2.68. The van der Waals surface area contributed by atoms with Crippen molar-refractivity contribution in [3.05, 3.63) is 29.5 Å². The minimum absolute atomic E-state index is 0.0833. The molecule has 0 aromatic carbocycles. The molecule has 0 saturated carbocycles. The number of carbonyl (C=O) groups is 2. The molecule has 3 heterocycles. The first-order valence-electron chi connectivity index (χ1n) is 8.11. The van der Waals surface area contributed by atoms with E-state index in [-0.39, 0.29) is 11.8 Å². The van der Waals surface area contributed by atoms with Crippen LogP contribution in [0.25, 0.3) is 10.8 Å². The van der Waals surface area contributed by atoms with E-state index < -0.39 is 0 Å². The number of hydrogen-bond donors (Lipinski definition) is 0. The molecule has 2 aromatic heterocycles. The van der Waals surface area contributed by atoms with Crippen LogP contribution in [-0.4, -0.2) is 52.8 Å². The lowest BCUT2D eigenvalue weighted by Crippen LogP contribution is -2.50. The average Bonchev–Trinajstić information content (AvgIpc) is 3.24. The largest absolute Gasteiger partial charge is 0.462 e. The van der Waals surface area contributed by atoms with Gasteiger partial charge in [-0.05, 0) is 18.1 Å². The number of carbonyl (C=O) groups excluding carboxylic acids is 2. The van der Waals surface area contributed by atoms with Crippen LogP contribution < -0.4 is 0 Å². The predicted molar refractivity (Wildman–Crippen MR) is 91.8 cm³/mol. The van der Waals surface area contributed by atoms with Crippen molar-refractivity contribution in [3.63, 3.8) is 0 Å². The van der Waals surface area contributed by atoms with Crippen LogP contribution in [-0.2, 0) is 4.79 Å². The van der Waals surface area contributed by atoms with Crippen molar-refractivity contribution in [3.8, 4) is 10.8 Å². The number of thiazole rings is 1. The van der Waals surface area contributed by atoms with E-state index in [1.807, 2.05) is 24.8 Å². The van der Waals surface area contributed by atoms with Crippen LogP contribution >= 0.6 is 11.3 Å². The van der Waals surface area contributed by atoms with Gasteiger partial charge in [0.1, 0.15) is 5.69 Å². The first-order valence-corrected chi connectivity index (χ1v) is 8.99. The normalized spacial score (nSPS) is 15.1. The fourth-order valence-corrected chi connectivity index (χ4v) is 3.44. The Morgan fingerprint density at radius 2 is 1.96 bits per heavy atom. The molecule has 0 N–H and O–H groups in total. The second-order valence-corrected chi connectivity index (χ2v) is 7.14. The van der Waals surface area contributed by atoms with Gasteiger partial charge in [-0.15, -0.1) is 11.3 Å². The summed E-state index contributed by atoms with van der Waals surface area (Å²) in [5, 5.41) is 2.46. The molecule has 7 heteroatoms. The molecule has 24 heavy (non-hydrogen) atoms. The summed E-state index contributed by atoms with van der Waals surface area (Å²) in [5.74, 6) is 1.11. The lowest BCUT2D eigenvalue weighted by molar-refractivity contribution is -0.133. The second kappa shape index (κ2) is 7.17. The van der Waals surface area contributed by atoms with Gasteiger partial charge in [0.05, 0.1) is 6.26 Å². The van der Waals surface area contributed by atoms with E-state index in [1.165, 1.54) is 11.3 Å². The van der Waals surface area contributed by atoms with Crippen LogP contribution in [0.1, 0.15) is 30.8 Å². The molecule has 1 aliphatic heterocycles. The van der Waals surface area contributed by atoms with Crippen LogP contribution in [0.3, 0.4) is 0 Å². The Bertz CT molecular complexity index is 700. The summed E-state index contributed by atoms with van der Waals surface area (Å²) in [7, 11) is 0. The monoisotopic (exact) mass is 347 g/mol. The summed E-state index contributed by atoms with van der Waals surface area (Å²) in [5.41, 5.74) is 0.438. The second-order valence-electron chi connectivity index (χ2n) is 6.29. The van der Waals surface area contributed by atoms with Gasteiger partial charge < -0.3 is 14.2 Å². The van der Waals surface area contributed by atoms with Gasteiger partial charge in [0.15, 0.2) is 10.8 Å². The maximum Gasteiger partial charge on any atom is 0.273 e. The van der Waals surface area contributed by atoms with E-state index in [2.05, 4.69) is 4.98 Å². The smallest absolute Gasteiger partial charge is 0.273 e. The van der Waals surface area contributed by atoms with E-state index in [9.17, 15) is 9.59 Å². The number of amides is 2. The summed E-state index contributed by atoms with van der Waals surface area (Å²) in [6.45, 7) is 6.36. The van der Waals surface area contributed by atoms with Crippen molar-refractivity contribution in [1.82, 2.24) is 14.8 Å². The highest BCUT2D eigenvalue weighted by atomic mass is 32.1. The minimum atomic E-state index is -0.0833.